The number of nitrogens with zero attached hydrogens (tertiary/aromatic N) is 4. The number of thioether (sulfide) groups is 1. The molecule has 0 aliphatic heterocycles. The molecule has 0 spiro atoms. The molecule has 0 fully saturated rings. The minimum absolute atomic E-state index is 0.0384. The Hall–Kier alpha value is -2.63. The molecule has 0 saturated heterocycles. The van der Waals surface area contributed by atoms with Gasteiger partial charge in [0.1, 0.15) is 0 Å². The van der Waals surface area contributed by atoms with E-state index in [0.29, 0.717) is 17.3 Å². The fraction of sp³-hybridized carbons (Fsp3) is 0.333. The lowest BCUT2D eigenvalue weighted by atomic mass is 10.0. The standard InChI is InChI=1S/C18H14F6N4OS/c1-8-4-9(2)26-16(25-8)30-10(3)14-27-15(29-28-14)11-5-12(17(19,20)21)7-13(6-11)18(22,23)24/h4-7,10H,1-3H3. The van der Waals surface area contributed by atoms with E-state index < -0.39 is 40.2 Å². The van der Waals surface area contributed by atoms with Crippen LogP contribution < -0.4 is 0 Å². The van der Waals surface area contributed by atoms with Crippen molar-refractivity contribution >= 4 is 11.8 Å². The summed E-state index contributed by atoms with van der Waals surface area (Å²) in [4.78, 5) is 12.5. The van der Waals surface area contributed by atoms with E-state index in [1.807, 2.05) is 0 Å². The SMILES string of the molecule is Cc1cc(C)nc(SC(C)c2noc(-c3cc(C(F)(F)F)cc(C(F)(F)F)c3)n2)n1. The fourth-order valence-electron chi connectivity index (χ4n) is 2.55. The summed E-state index contributed by atoms with van der Waals surface area (Å²) in [5.74, 6) is -0.362. The highest BCUT2D eigenvalue weighted by Crippen LogP contribution is 2.39. The van der Waals surface area contributed by atoms with Crippen LogP contribution in [0.3, 0.4) is 0 Å². The van der Waals surface area contributed by atoms with Crippen LogP contribution in [0.2, 0.25) is 0 Å². The second kappa shape index (κ2) is 7.89. The second-order valence-electron chi connectivity index (χ2n) is 6.45. The summed E-state index contributed by atoms with van der Waals surface area (Å²) in [7, 11) is 0. The highest BCUT2D eigenvalue weighted by atomic mass is 32.2. The van der Waals surface area contributed by atoms with Gasteiger partial charge in [-0.1, -0.05) is 16.9 Å². The molecule has 0 N–H and O–H groups in total. The topological polar surface area (TPSA) is 64.7 Å². The maximum absolute atomic E-state index is 13.0. The Kier molecular flexibility index (Phi) is 5.81. The molecule has 2 heterocycles. The molecule has 2 aromatic heterocycles. The summed E-state index contributed by atoms with van der Waals surface area (Å²) < 4.78 is 83.2. The molecule has 0 bridgehead atoms. The van der Waals surface area contributed by atoms with Crippen molar-refractivity contribution in [2.24, 2.45) is 0 Å². The summed E-state index contributed by atoms with van der Waals surface area (Å²) in [6.07, 6.45) is -9.94. The molecule has 0 aliphatic rings. The van der Waals surface area contributed by atoms with E-state index >= 15 is 0 Å². The molecule has 160 valence electrons. The van der Waals surface area contributed by atoms with Crippen molar-refractivity contribution in [2.45, 2.75) is 43.5 Å². The van der Waals surface area contributed by atoms with Gasteiger partial charge in [0.2, 0.25) is 0 Å². The molecule has 3 aromatic rings. The average Bonchev–Trinajstić information content (AvgIpc) is 3.09. The zero-order valence-electron chi connectivity index (χ0n) is 15.8. The van der Waals surface area contributed by atoms with Gasteiger partial charge in [-0.05, 0) is 45.0 Å². The van der Waals surface area contributed by atoms with Gasteiger partial charge in [0.05, 0.1) is 16.4 Å². The Morgan fingerprint density at radius 3 is 1.87 bits per heavy atom. The number of halogens is 6. The highest BCUT2D eigenvalue weighted by molar-refractivity contribution is 7.99. The Balaban J connectivity index is 1.93. The Morgan fingerprint density at radius 2 is 1.37 bits per heavy atom. The molecule has 12 heteroatoms. The second-order valence-corrected chi connectivity index (χ2v) is 7.75. The minimum atomic E-state index is -4.97. The number of aromatic nitrogens is 4. The van der Waals surface area contributed by atoms with Crippen molar-refractivity contribution in [1.82, 2.24) is 20.1 Å². The molecule has 3 rings (SSSR count). The molecule has 1 atom stereocenters. The summed E-state index contributed by atoms with van der Waals surface area (Å²) in [6, 6.07) is 2.90. The van der Waals surface area contributed by atoms with Gasteiger partial charge in [-0.2, -0.15) is 31.3 Å². The molecule has 30 heavy (non-hydrogen) atoms. The van der Waals surface area contributed by atoms with Crippen molar-refractivity contribution in [3.05, 3.63) is 52.6 Å². The molecule has 1 aromatic carbocycles. The summed E-state index contributed by atoms with van der Waals surface area (Å²) in [5.41, 5.74) is -1.91. The average molecular weight is 448 g/mol. The van der Waals surface area contributed by atoms with E-state index in [1.165, 1.54) is 11.8 Å². The number of benzene rings is 1. The first-order valence-corrected chi connectivity index (χ1v) is 9.33. The van der Waals surface area contributed by atoms with Crippen molar-refractivity contribution in [3.8, 4) is 11.5 Å². The first-order valence-electron chi connectivity index (χ1n) is 8.45. The predicted molar refractivity (Wildman–Crippen MR) is 95.5 cm³/mol. The van der Waals surface area contributed by atoms with E-state index in [-0.39, 0.29) is 11.9 Å². The van der Waals surface area contributed by atoms with Crippen LogP contribution in [-0.2, 0) is 12.4 Å². The van der Waals surface area contributed by atoms with E-state index in [9.17, 15) is 26.3 Å². The quantitative estimate of drug-likeness (QED) is 0.276. The molecular weight excluding hydrogens is 434 g/mol. The Morgan fingerprint density at radius 1 is 0.833 bits per heavy atom. The van der Waals surface area contributed by atoms with Gasteiger partial charge in [0.15, 0.2) is 11.0 Å². The normalized spacial score (nSPS) is 13.5. The monoisotopic (exact) mass is 448 g/mol. The molecule has 0 saturated carbocycles. The van der Waals surface area contributed by atoms with Gasteiger partial charge in [0, 0.05) is 17.0 Å². The van der Waals surface area contributed by atoms with Gasteiger partial charge in [0.25, 0.3) is 5.89 Å². The molecule has 5 nitrogen and oxygen atoms in total. The zero-order chi connectivity index (χ0) is 22.3. The predicted octanol–water partition coefficient (Wildman–Crippen LogP) is 6.03. The van der Waals surface area contributed by atoms with Gasteiger partial charge >= 0.3 is 12.4 Å². The Labute approximate surface area is 170 Å². The van der Waals surface area contributed by atoms with Crippen LogP contribution in [0.5, 0.6) is 0 Å². The fourth-order valence-corrected chi connectivity index (χ4v) is 3.46. The number of alkyl halides is 6. The lowest BCUT2D eigenvalue weighted by Crippen LogP contribution is -2.11. The largest absolute Gasteiger partial charge is 0.416 e. The maximum Gasteiger partial charge on any atom is 0.416 e. The lowest BCUT2D eigenvalue weighted by Gasteiger charge is -2.12. The van der Waals surface area contributed by atoms with E-state index in [0.717, 1.165) is 11.4 Å². The lowest BCUT2D eigenvalue weighted by molar-refractivity contribution is -0.143. The summed E-state index contributed by atoms with van der Waals surface area (Å²) in [5, 5.41) is 3.67. The van der Waals surface area contributed by atoms with Gasteiger partial charge in [-0.15, -0.1) is 0 Å². The Bertz CT molecular complexity index is 1010. The molecule has 0 radical (unpaired) electrons. The molecular formula is C18H14F6N4OS. The van der Waals surface area contributed by atoms with Crippen LogP contribution >= 0.6 is 11.8 Å². The van der Waals surface area contributed by atoms with Crippen LogP contribution in [0.1, 0.15) is 40.5 Å². The van der Waals surface area contributed by atoms with Crippen LogP contribution in [0.25, 0.3) is 11.5 Å². The number of rotatable bonds is 4. The van der Waals surface area contributed by atoms with Crippen molar-refractivity contribution in [3.63, 3.8) is 0 Å². The minimum Gasteiger partial charge on any atom is -0.334 e. The third-order valence-corrected chi connectivity index (χ3v) is 4.84. The maximum atomic E-state index is 13.0. The third kappa shape index (κ3) is 5.10. The van der Waals surface area contributed by atoms with Crippen LogP contribution in [-0.4, -0.2) is 20.1 Å². The zero-order valence-corrected chi connectivity index (χ0v) is 16.6. The summed E-state index contributed by atoms with van der Waals surface area (Å²) >= 11 is 1.18. The van der Waals surface area contributed by atoms with E-state index in [2.05, 4.69) is 20.1 Å². The molecule has 0 amide bonds. The van der Waals surface area contributed by atoms with E-state index in [4.69, 9.17) is 4.52 Å². The summed E-state index contributed by atoms with van der Waals surface area (Å²) in [6.45, 7) is 5.27. The van der Waals surface area contributed by atoms with Crippen molar-refractivity contribution < 1.29 is 30.9 Å². The van der Waals surface area contributed by atoms with Crippen LogP contribution in [0.15, 0.2) is 33.9 Å². The highest BCUT2D eigenvalue weighted by Gasteiger charge is 2.37. The smallest absolute Gasteiger partial charge is 0.334 e. The number of hydrogen-bond acceptors (Lipinski definition) is 6. The van der Waals surface area contributed by atoms with Crippen LogP contribution in [0.4, 0.5) is 26.3 Å². The number of aryl methyl sites for hydroxylation is 2. The van der Waals surface area contributed by atoms with E-state index in [1.54, 1.807) is 26.8 Å². The van der Waals surface area contributed by atoms with Crippen LogP contribution in [0, 0.1) is 13.8 Å². The van der Waals surface area contributed by atoms with Crippen molar-refractivity contribution in [1.29, 1.82) is 0 Å². The first kappa shape index (κ1) is 22.1. The molecule has 0 aliphatic carbocycles. The van der Waals surface area contributed by atoms with Gasteiger partial charge < -0.3 is 4.52 Å². The molecule has 1 unspecified atom stereocenters. The first-order chi connectivity index (χ1) is 13.8. The third-order valence-electron chi connectivity index (χ3n) is 3.88. The number of hydrogen-bond donors (Lipinski definition) is 0. The van der Waals surface area contributed by atoms with Gasteiger partial charge in [-0.3, -0.25) is 0 Å². The van der Waals surface area contributed by atoms with Crippen molar-refractivity contribution in [2.75, 3.05) is 0 Å². The van der Waals surface area contributed by atoms with Gasteiger partial charge in [-0.25, -0.2) is 9.97 Å².